The molecule has 3 nitrogen and oxygen atoms in total. The Balaban J connectivity index is 2.01. The summed E-state index contributed by atoms with van der Waals surface area (Å²) in [5.41, 5.74) is 0.457. The summed E-state index contributed by atoms with van der Waals surface area (Å²) < 4.78 is 5.94. The van der Waals surface area contributed by atoms with Gasteiger partial charge in [0.05, 0.1) is 5.92 Å². The molecule has 0 radical (unpaired) electrons. The predicted octanol–water partition coefficient (Wildman–Crippen LogP) is 2.85. The fourth-order valence-corrected chi connectivity index (χ4v) is 2.83. The second-order valence-electron chi connectivity index (χ2n) is 5.71. The van der Waals surface area contributed by atoms with Gasteiger partial charge in [0.1, 0.15) is 5.76 Å². The molecule has 2 aliphatic rings. The topological polar surface area (TPSA) is 46.5 Å². The lowest BCUT2D eigenvalue weighted by molar-refractivity contribution is -0.166. The molecule has 0 amide bonds. The van der Waals surface area contributed by atoms with Gasteiger partial charge < -0.3 is 9.84 Å². The van der Waals surface area contributed by atoms with Crippen molar-refractivity contribution in [3.63, 3.8) is 0 Å². The first kappa shape index (κ1) is 13.1. The van der Waals surface area contributed by atoms with Gasteiger partial charge >= 0.3 is 0 Å². The number of aliphatic hydroxyl groups is 1. The first-order valence-electron chi connectivity index (χ1n) is 6.87. The van der Waals surface area contributed by atoms with Gasteiger partial charge in [0.25, 0.3) is 0 Å². The van der Waals surface area contributed by atoms with Crippen molar-refractivity contribution in [1.29, 1.82) is 0 Å². The lowest BCUT2D eigenvalue weighted by Crippen LogP contribution is -2.51. The Morgan fingerprint density at radius 1 is 1.30 bits per heavy atom. The van der Waals surface area contributed by atoms with E-state index in [0.29, 0.717) is 12.2 Å². The molecule has 104 valence electrons. The van der Waals surface area contributed by atoms with Crippen LogP contribution in [0.25, 0.3) is 0 Å². The zero-order valence-corrected chi connectivity index (χ0v) is 11.7. The number of allylic oxidation sites excluding steroid dienone is 4. The Morgan fingerprint density at radius 3 is 2.70 bits per heavy atom. The van der Waals surface area contributed by atoms with Crippen molar-refractivity contribution in [2.75, 3.05) is 0 Å². The minimum atomic E-state index is -1.50. The molecule has 1 N–H and O–H groups in total. The maximum atomic E-state index is 12.5. The van der Waals surface area contributed by atoms with Gasteiger partial charge in [-0.05, 0) is 31.9 Å². The van der Waals surface area contributed by atoms with Crippen molar-refractivity contribution in [3.05, 3.63) is 59.4 Å². The quantitative estimate of drug-likeness (QED) is 0.853. The van der Waals surface area contributed by atoms with Crippen LogP contribution < -0.4 is 0 Å². The van der Waals surface area contributed by atoms with Crippen LogP contribution in [0.5, 0.6) is 0 Å². The number of carbonyl (C=O) groups is 1. The molecule has 1 fully saturated rings. The number of aryl methyl sites for hydroxylation is 1. The molecule has 1 saturated heterocycles. The molecule has 0 saturated carbocycles. The lowest BCUT2D eigenvalue weighted by atomic mass is 9.77. The first-order chi connectivity index (χ1) is 9.50. The summed E-state index contributed by atoms with van der Waals surface area (Å²) in [6, 6.07) is 7.73. The number of Topliss-reactive ketones (excluding diaryl/α,β-unsaturated/α-hetero) is 1. The second kappa shape index (κ2) is 4.60. The smallest absolute Gasteiger partial charge is 0.179 e. The Morgan fingerprint density at radius 2 is 2.00 bits per heavy atom. The summed E-state index contributed by atoms with van der Waals surface area (Å²) in [4.78, 5) is 12.5. The largest absolute Gasteiger partial charge is 0.486 e. The van der Waals surface area contributed by atoms with Crippen LogP contribution in [0.2, 0.25) is 0 Å². The highest BCUT2D eigenvalue weighted by Crippen LogP contribution is 2.43. The van der Waals surface area contributed by atoms with E-state index in [4.69, 9.17) is 4.74 Å². The van der Waals surface area contributed by atoms with E-state index in [1.807, 2.05) is 49.4 Å². The monoisotopic (exact) mass is 270 g/mol. The maximum absolute atomic E-state index is 12.5. The van der Waals surface area contributed by atoms with Crippen LogP contribution in [0, 0.1) is 12.8 Å². The van der Waals surface area contributed by atoms with E-state index in [1.165, 1.54) is 0 Å². The molecule has 1 aromatic carbocycles. The molecule has 3 rings (SSSR count). The molecule has 0 spiro atoms. The number of carbonyl (C=O) groups excluding carboxylic acids is 1. The molecule has 1 aromatic rings. The number of ketones is 1. The third-order valence-corrected chi connectivity index (χ3v) is 4.07. The molecular weight excluding hydrogens is 252 g/mol. The summed E-state index contributed by atoms with van der Waals surface area (Å²) >= 11 is 0. The van der Waals surface area contributed by atoms with Crippen LogP contribution in [0.15, 0.2) is 48.3 Å². The van der Waals surface area contributed by atoms with Crippen molar-refractivity contribution < 1.29 is 14.6 Å². The Hall–Kier alpha value is -1.87. The summed E-state index contributed by atoms with van der Waals surface area (Å²) in [7, 11) is 0. The first-order valence-corrected chi connectivity index (χ1v) is 6.87. The second-order valence-corrected chi connectivity index (χ2v) is 5.71. The fraction of sp³-hybridized carbons (Fsp3) is 0.353. The highest BCUT2D eigenvalue weighted by molar-refractivity contribution is 5.93. The summed E-state index contributed by atoms with van der Waals surface area (Å²) in [6.07, 6.45) is 5.59. The standard InChI is InChI=1S/C17H18O3/c1-11-7-9-12(10-8-11)16-17(2,19)15(18)13-5-3-4-6-14(13)20-16/h3-4,6-10,13,16,19H,5H2,1-2H3/t13-,16-,17?/m0/s1. The van der Waals surface area contributed by atoms with Gasteiger partial charge in [-0.25, -0.2) is 0 Å². The van der Waals surface area contributed by atoms with E-state index >= 15 is 0 Å². The summed E-state index contributed by atoms with van der Waals surface area (Å²) in [6.45, 7) is 3.55. The number of benzene rings is 1. The molecule has 1 unspecified atom stereocenters. The third kappa shape index (κ3) is 1.98. The van der Waals surface area contributed by atoms with Crippen LogP contribution in [-0.2, 0) is 9.53 Å². The van der Waals surface area contributed by atoms with E-state index in [9.17, 15) is 9.90 Å². The summed E-state index contributed by atoms with van der Waals surface area (Å²) in [5.74, 6) is 0.149. The number of hydrogen-bond acceptors (Lipinski definition) is 3. The van der Waals surface area contributed by atoms with Crippen LogP contribution in [-0.4, -0.2) is 16.5 Å². The van der Waals surface area contributed by atoms with Crippen LogP contribution in [0.4, 0.5) is 0 Å². The van der Waals surface area contributed by atoms with Gasteiger partial charge in [0.15, 0.2) is 17.5 Å². The van der Waals surface area contributed by atoms with Gasteiger partial charge in [0.2, 0.25) is 0 Å². The van der Waals surface area contributed by atoms with E-state index in [0.717, 1.165) is 11.1 Å². The zero-order chi connectivity index (χ0) is 14.3. The number of hydrogen-bond donors (Lipinski definition) is 1. The SMILES string of the molecule is Cc1ccc([C@@H]2OC3=CC=CC[C@@H]3C(=O)C2(C)O)cc1. The molecule has 1 aliphatic carbocycles. The van der Waals surface area contributed by atoms with Gasteiger partial charge in [-0.1, -0.05) is 42.0 Å². The number of fused-ring (bicyclic) bond motifs is 1. The molecule has 1 heterocycles. The Kier molecular flexibility index (Phi) is 3.02. The molecule has 1 aliphatic heterocycles. The predicted molar refractivity (Wildman–Crippen MR) is 76.0 cm³/mol. The minimum absolute atomic E-state index is 0.162. The molecule has 3 heteroatoms. The van der Waals surface area contributed by atoms with E-state index in [1.54, 1.807) is 6.92 Å². The zero-order valence-electron chi connectivity index (χ0n) is 11.7. The van der Waals surface area contributed by atoms with Gasteiger partial charge in [-0.15, -0.1) is 0 Å². The third-order valence-electron chi connectivity index (χ3n) is 4.07. The van der Waals surface area contributed by atoms with Crippen LogP contribution in [0.3, 0.4) is 0 Å². The normalized spacial score (nSPS) is 32.4. The molecule has 20 heavy (non-hydrogen) atoms. The Labute approximate surface area is 118 Å². The highest BCUT2D eigenvalue weighted by atomic mass is 16.5. The fourth-order valence-electron chi connectivity index (χ4n) is 2.83. The van der Waals surface area contributed by atoms with Crippen LogP contribution >= 0.6 is 0 Å². The van der Waals surface area contributed by atoms with Gasteiger partial charge in [-0.3, -0.25) is 4.79 Å². The van der Waals surface area contributed by atoms with E-state index in [-0.39, 0.29) is 11.7 Å². The summed E-state index contributed by atoms with van der Waals surface area (Å²) in [5, 5.41) is 10.6. The number of rotatable bonds is 1. The van der Waals surface area contributed by atoms with E-state index < -0.39 is 11.7 Å². The number of ether oxygens (including phenoxy) is 1. The van der Waals surface area contributed by atoms with Gasteiger partial charge in [0, 0.05) is 0 Å². The van der Waals surface area contributed by atoms with Crippen molar-refractivity contribution in [2.24, 2.45) is 5.92 Å². The Bertz CT molecular complexity index is 593. The van der Waals surface area contributed by atoms with E-state index in [2.05, 4.69) is 0 Å². The maximum Gasteiger partial charge on any atom is 0.179 e. The molecule has 3 atom stereocenters. The van der Waals surface area contributed by atoms with Crippen molar-refractivity contribution in [3.8, 4) is 0 Å². The molecule has 0 bridgehead atoms. The average molecular weight is 270 g/mol. The highest BCUT2D eigenvalue weighted by Gasteiger charge is 2.51. The average Bonchev–Trinajstić information content (AvgIpc) is 2.44. The van der Waals surface area contributed by atoms with Crippen molar-refractivity contribution in [2.45, 2.75) is 32.0 Å². The van der Waals surface area contributed by atoms with Crippen molar-refractivity contribution in [1.82, 2.24) is 0 Å². The molecule has 0 aromatic heterocycles. The molecular formula is C17H18O3. The van der Waals surface area contributed by atoms with Crippen molar-refractivity contribution >= 4 is 5.78 Å². The van der Waals surface area contributed by atoms with Gasteiger partial charge in [-0.2, -0.15) is 0 Å². The van der Waals surface area contributed by atoms with Crippen LogP contribution in [0.1, 0.15) is 30.6 Å². The minimum Gasteiger partial charge on any atom is -0.486 e. The lowest BCUT2D eigenvalue weighted by Gasteiger charge is -2.41.